The predicted octanol–water partition coefficient (Wildman–Crippen LogP) is 2.63. The Morgan fingerprint density at radius 3 is 2.17 bits per heavy atom. The summed E-state index contributed by atoms with van der Waals surface area (Å²) in [7, 11) is 0. The molecular weight excluding hydrogens is 432 g/mol. The molecule has 7 heteroatoms. The lowest BCUT2D eigenvalue weighted by Crippen LogP contribution is -2.48. The van der Waals surface area contributed by atoms with Crippen LogP contribution in [0.5, 0.6) is 0 Å². The van der Waals surface area contributed by atoms with Crippen LogP contribution in [0.1, 0.15) is 11.1 Å². The Balaban J connectivity index is 1.32. The summed E-state index contributed by atoms with van der Waals surface area (Å²) in [4.78, 5) is 28.7. The third-order valence-corrected chi connectivity index (χ3v) is 5.54. The molecule has 0 saturated carbocycles. The van der Waals surface area contributed by atoms with E-state index in [9.17, 15) is 9.59 Å². The largest absolute Gasteiger partial charge is 0.347 e. The highest BCUT2D eigenvalue weighted by Gasteiger charge is 2.18. The van der Waals surface area contributed by atoms with Gasteiger partial charge in [0.1, 0.15) is 0 Å². The summed E-state index contributed by atoms with van der Waals surface area (Å²) in [5.41, 5.74) is 3.22. The second kappa shape index (κ2) is 10.5. The van der Waals surface area contributed by atoms with Gasteiger partial charge in [0.2, 0.25) is 0 Å². The smallest absolute Gasteiger partial charge is 0.313 e. The first kappa shape index (κ1) is 21.5. The van der Waals surface area contributed by atoms with Crippen LogP contribution in [0.2, 0.25) is 0 Å². The van der Waals surface area contributed by atoms with Crippen LogP contribution in [0, 0.1) is 6.92 Å². The van der Waals surface area contributed by atoms with Crippen molar-refractivity contribution in [2.24, 2.45) is 0 Å². The molecule has 6 nitrogen and oxygen atoms in total. The number of rotatable bonds is 6. The maximum atomic E-state index is 12.0. The van der Waals surface area contributed by atoms with Gasteiger partial charge in [-0.3, -0.25) is 19.4 Å². The molecule has 29 heavy (non-hydrogen) atoms. The summed E-state index contributed by atoms with van der Waals surface area (Å²) >= 11 is 3.34. The minimum Gasteiger partial charge on any atom is -0.347 e. The molecule has 0 bridgehead atoms. The number of benzene rings is 2. The van der Waals surface area contributed by atoms with Crippen molar-refractivity contribution in [3.63, 3.8) is 0 Å². The molecule has 0 aliphatic carbocycles. The number of carbonyl (C=O) groups excluding carboxylic acids is 2. The Hall–Kier alpha value is -2.22. The maximum Gasteiger partial charge on any atom is 0.313 e. The first-order chi connectivity index (χ1) is 14.0. The summed E-state index contributed by atoms with van der Waals surface area (Å²) in [5, 5.41) is 5.30. The van der Waals surface area contributed by atoms with Crippen molar-refractivity contribution < 1.29 is 9.59 Å². The van der Waals surface area contributed by atoms with Crippen LogP contribution in [0.4, 0.5) is 5.69 Å². The number of hydrogen-bond donors (Lipinski definition) is 2. The summed E-state index contributed by atoms with van der Waals surface area (Å²) in [6.07, 6.45) is 0. The molecule has 3 rings (SSSR count). The molecule has 2 amide bonds. The molecule has 1 heterocycles. The minimum atomic E-state index is -0.643. The van der Waals surface area contributed by atoms with Gasteiger partial charge in [0.05, 0.1) is 0 Å². The van der Waals surface area contributed by atoms with Crippen LogP contribution < -0.4 is 10.6 Å². The maximum absolute atomic E-state index is 12.0. The zero-order valence-corrected chi connectivity index (χ0v) is 18.2. The van der Waals surface area contributed by atoms with E-state index >= 15 is 0 Å². The van der Waals surface area contributed by atoms with Gasteiger partial charge in [-0.05, 0) is 36.8 Å². The quantitative estimate of drug-likeness (QED) is 0.653. The fourth-order valence-corrected chi connectivity index (χ4v) is 3.52. The van der Waals surface area contributed by atoms with E-state index in [1.807, 2.05) is 12.1 Å². The number of halogens is 1. The number of piperazine rings is 1. The van der Waals surface area contributed by atoms with Crippen molar-refractivity contribution in [2.75, 3.05) is 44.6 Å². The lowest BCUT2D eigenvalue weighted by atomic mass is 10.1. The van der Waals surface area contributed by atoms with Gasteiger partial charge in [0.15, 0.2) is 0 Å². The Kier molecular flexibility index (Phi) is 7.80. The van der Waals surface area contributed by atoms with Crippen molar-refractivity contribution in [1.82, 2.24) is 15.1 Å². The van der Waals surface area contributed by atoms with Gasteiger partial charge in [-0.1, -0.05) is 45.8 Å². The third-order valence-electron chi connectivity index (χ3n) is 5.01. The summed E-state index contributed by atoms with van der Waals surface area (Å²) in [5.74, 6) is -1.25. The molecule has 1 saturated heterocycles. The molecule has 154 valence electrons. The molecule has 0 atom stereocenters. The van der Waals surface area contributed by atoms with Crippen molar-refractivity contribution >= 4 is 33.4 Å². The lowest BCUT2D eigenvalue weighted by Gasteiger charge is -2.34. The number of anilines is 1. The molecule has 0 spiro atoms. The van der Waals surface area contributed by atoms with Crippen molar-refractivity contribution in [3.05, 3.63) is 64.1 Å². The molecular formula is C22H27BrN4O2. The first-order valence-corrected chi connectivity index (χ1v) is 10.6. The average Bonchev–Trinajstić information content (AvgIpc) is 2.72. The van der Waals surface area contributed by atoms with Crippen LogP contribution in [-0.4, -0.2) is 60.9 Å². The summed E-state index contributed by atoms with van der Waals surface area (Å²) in [6, 6.07) is 15.8. The van der Waals surface area contributed by atoms with E-state index in [1.54, 1.807) is 12.1 Å². The monoisotopic (exact) mass is 458 g/mol. The number of aryl methyl sites for hydroxylation is 1. The predicted molar refractivity (Wildman–Crippen MR) is 119 cm³/mol. The van der Waals surface area contributed by atoms with E-state index in [-0.39, 0.29) is 0 Å². The zero-order chi connectivity index (χ0) is 20.6. The average molecular weight is 459 g/mol. The van der Waals surface area contributed by atoms with Gasteiger partial charge in [0.25, 0.3) is 0 Å². The Bertz CT molecular complexity index is 816. The minimum absolute atomic E-state index is 0.463. The molecule has 0 radical (unpaired) electrons. The van der Waals surface area contributed by atoms with Crippen LogP contribution in [-0.2, 0) is 16.1 Å². The SMILES string of the molecule is Cc1ccc(CN2CCN(CCNC(=O)C(=O)Nc3ccc(Br)cc3)CC2)cc1. The van der Waals surface area contributed by atoms with E-state index in [0.717, 1.165) is 43.7 Å². The molecule has 2 aromatic rings. The van der Waals surface area contributed by atoms with Crippen LogP contribution in [0.3, 0.4) is 0 Å². The molecule has 1 aliphatic rings. The molecule has 2 aromatic carbocycles. The van der Waals surface area contributed by atoms with Gasteiger partial charge in [-0.15, -0.1) is 0 Å². The highest BCUT2D eigenvalue weighted by Crippen LogP contribution is 2.14. The summed E-state index contributed by atoms with van der Waals surface area (Å²) < 4.78 is 0.916. The molecule has 0 unspecified atom stereocenters. The molecule has 1 fully saturated rings. The Morgan fingerprint density at radius 1 is 0.897 bits per heavy atom. The molecule has 2 N–H and O–H groups in total. The fourth-order valence-electron chi connectivity index (χ4n) is 3.25. The van der Waals surface area contributed by atoms with Gasteiger partial charge in [0, 0.05) is 56.0 Å². The van der Waals surface area contributed by atoms with Crippen LogP contribution >= 0.6 is 15.9 Å². The third kappa shape index (κ3) is 6.96. The van der Waals surface area contributed by atoms with Gasteiger partial charge in [-0.25, -0.2) is 0 Å². The van der Waals surface area contributed by atoms with E-state index < -0.39 is 11.8 Å². The van der Waals surface area contributed by atoms with E-state index in [0.29, 0.717) is 12.2 Å². The van der Waals surface area contributed by atoms with Crippen molar-refractivity contribution in [2.45, 2.75) is 13.5 Å². The normalized spacial score (nSPS) is 15.1. The number of nitrogens with zero attached hydrogens (tertiary/aromatic N) is 2. The number of amides is 2. The number of hydrogen-bond acceptors (Lipinski definition) is 4. The molecule has 1 aliphatic heterocycles. The standard InChI is InChI=1S/C22H27BrN4O2/c1-17-2-4-18(5-3-17)16-27-14-12-26(13-15-27)11-10-24-21(28)22(29)25-20-8-6-19(23)7-9-20/h2-9H,10-16H2,1H3,(H,24,28)(H,25,29). The summed E-state index contributed by atoms with van der Waals surface area (Å²) in [6.45, 7) is 8.23. The first-order valence-electron chi connectivity index (χ1n) is 9.84. The number of nitrogens with one attached hydrogen (secondary N) is 2. The van der Waals surface area contributed by atoms with Crippen LogP contribution in [0.25, 0.3) is 0 Å². The molecule has 0 aromatic heterocycles. The fraction of sp³-hybridized carbons (Fsp3) is 0.364. The van der Waals surface area contributed by atoms with E-state index in [2.05, 4.69) is 67.6 Å². The highest BCUT2D eigenvalue weighted by atomic mass is 79.9. The van der Waals surface area contributed by atoms with Crippen LogP contribution in [0.15, 0.2) is 53.0 Å². The van der Waals surface area contributed by atoms with E-state index in [1.165, 1.54) is 11.1 Å². The van der Waals surface area contributed by atoms with E-state index in [4.69, 9.17) is 0 Å². The van der Waals surface area contributed by atoms with Gasteiger partial charge >= 0.3 is 11.8 Å². The van der Waals surface area contributed by atoms with Crippen molar-refractivity contribution in [1.29, 1.82) is 0 Å². The highest BCUT2D eigenvalue weighted by molar-refractivity contribution is 9.10. The Labute approximate surface area is 180 Å². The Morgan fingerprint density at radius 2 is 1.52 bits per heavy atom. The van der Waals surface area contributed by atoms with Crippen molar-refractivity contribution in [3.8, 4) is 0 Å². The van der Waals surface area contributed by atoms with Gasteiger partial charge < -0.3 is 10.6 Å². The second-order valence-electron chi connectivity index (χ2n) is 7.32. The second-order valence-corrected chi connectivity index (χ2v) is 8.24. The van der Waals surface area contributed by atoms with Gasteiger partial charge in [-0.2, -0.15) is 0 Å². The zero-order valence-electron chi connectivity index (χ0n) is 16.7. The lowest BCUT2D eigenvalue weighted by molar-refractivity contribution is -0.136. The number of carbonyl (C=O) groups is 2. The topological polar surface area (TPSA) is 64.7 Å².